The fourth-order valence-corrected chi connectivity index (χ4v) is 3.23. The van der Waals surface area contributed by atoms with Crippen molar-refractivity contribution in [1.29, 1.82) is 0 Å². The standard InChI is InChI=1S/C19H19N5O3/c1-12-16(9-15(23-22-12)14-10-20-19(26)21-18(14)25)24-7-8-27-17(11-24)13-5-3-2-4-6-13/h2-6,9-10,17H,7-8,11H2,1H3,(H2,20,21,25,26). The average Bonchev–Trinajstić information content (AvgIpc) is 2.69. The molecule has 1 saturated heterocycles. The summed E-state index contributed by atoms with van der Waals surface area (Å²) in [6.07, 6.45) is 1.32. The molecule has 1 aliphatic heterocycles. The fraction of sp³-hybridized carbons (Fsp3) is 0.263. The Morgan fingerprint density at radius 2 is 2.00 bits per heavy atom. The highest BCUT2D eigenvalue weighted by atomic mass is 16.5. The zero-order valence-electron chi connectivity index (χ0n) is 14.8. The van der Waals surface area contributed by atoms with Crippen LogP contribution in [0.2, 0.25) is 0 Å². The van der Waals surface area contributed by atoms with E-state index in [1.807, 2.05) is 31.2 Å². The molecule has 0 bridgehead atoms. The second kappa shape index (κ2) is 7.16. The lowest BCUT2D eigenvalue weighted by atomic mass is 10.1. The first-order valence-corrected chi connectivity index (χ1v) is 8.70. The lowest BCUT2D eigenvalue weighted by Crippen LogP contribution is -2.39. The Bertz CT molecular complexity index is 1060. The van der Waals surface area contributed by atoms with Gasteiger partial charge in [0.15, 0.2) is 0 Å². The number of hydrogen-bond acceptors (Lipinski definition) is 6. The zero-order chi connectivity index (χ0) is 18.8. The largest absolute Gasteiger partial charge is 0.370 e. The van der Waals surface area contributed by atoms with Crippen LogP contribution in [0.4, 0.5) is 5.69 Å². The molecule has 0 radical (unpaired) electrons. The zero-order valence-corrected chi connectivity index (χ0v) is 14.8. The molecule has 3 heterocycles. The molecular weight excluding hydrogens is 346 g/mol. The molecule has 1 unspecified atom stereocenters. The molecule has 1 aliphatic rings. The second-order valence-electron chi connectivity index (χ2n) is 6.40. The number of nitrogens with zero attached hydrogens (tertiary/aromatic N) is 3. The van der Waals surface area contributed by atoms with E-state index in [-0.39, 0.29) is 11.7 Å². The number of morpholine rings is 1. The minimum Gasteiger partial charge on any atom is -0.370 e. The molecule has 27 heavy (non-hydrogen) atoms. The summed E-state index contributed by atoms with van der Waals surface area (Å²) in [5, 5.41) is 8.34. The van der Waals surface area contributed by atoms with Crippen LogP contribution < -0.4 is 16.1 Å². The number of ether oxygens (including phenoxy) is 1. The van der Waals surface area contributed by atoms with Gasteiger partial charge in [-0.1, -0.05) is 30.3 Å². The van der Waals surface area contributed by atoms with Crippen molar-refractivity contribution in [2.24, 2.45) is 0 Å². The van der Waals surface area contributed by atoms with E-state index in [0.29, 0.717) is 18.8 Å². The third-order valence-corrected chi connectivity index (χ3v) is 4.63. The van der Waals surface area contributed by atoms with Gasteiger partial charge in [-0.15, -0.1) is 5.10 Å². The molecule has 0 aliphatic carbocycles. The third-order valence-electron chi connectivity index (χ3n) is 4.63. The van der Waals surface area contributed by atoms with Crippen LogP contribution in [-0.4, -0.2) is 39.9 Å². The summed E-state index contributed by atoms with van der Waals surface area (Å²) in [5.41, 5.74) is 2.43. The monoisotopic (exact) mass is 365 g/mol. The van der Waals surface area contributed by atoms with Gasteiger partial charge in [-0.05, 0) is 18.6 Å². The summed E-state index contributed by atoms with van der Waals surface area (Å²) in [6, 6.07) is 11.9. The minimum atomic E-state index is -0.553. The molecule has 0 spiro atoms. The molecule has 1 fully saturated rings. The number of hydrogen-bond donors (Lipinski definition) is 2. The highest BCUT2D eigenvalue weighted by molar-refractivity contribution is 5.64. The summed E-state index contributed by atoms with van der Waals surface area (Å²) < 4.78 is 5.93. The van der Waals surface area contributed by atoms with E-state index in [0.717, 1.165) is 23.5 Å². The maximum absolute atomic E-state index is 12.1. The molecule has 1 atom stereocenters. The first-order valence-electron chi connectivity index (χ1n) is 8.70. The van der Waals surface area contributed by atoms with Gasteiger partial charge in [-0.2, -0.15) is 5.10 Å². The molecule has 0 saturated carbocycles. The number of nitrogens with one attached hydrogen (secondary N) is 2. The Kier molecular flexibility index (Phi) is 4.55. The highest BCUT2D eigenvalue weighted by Gasteiger charge is 2.24. The van der Waals surface area contributed by atoms with Gasteiger partial charge in [0, 0.05) is 19.3 Å². The summed E-state index contributed by atoms with van der Waals surface area (Å²) >= 11 is 0. The molecule has 3 aromatic rings. The minimum absolute atomic E-state index is 0.0348. The van der Waals surface area contributed by atoms with E-state index in [1.165, 1.54) is 6.20 Å². The lowest BCUT2D eigenvalue weighted by Gasteiger charge is -2.35. The number of aromatic amines is 2. The molecule has 0 amide bonds. The van der Waals surface area contributed by atoms with Crippen molar-refractivity contribution in [3.63, 3.8) is 0 Å². The Balaban J connectivity index is 1.67. The van der Waals surface area contributed by atoms with Crippen LogP contribution in [0.25, 0.3) is 11.3 Å². The van der Waals surface area contributed by atoms with Gasteiger partial charge < -0.3 is 14.6 Å². The van der Waals surface area contributed by atoms with Crippen LogP contribution in [0, 0.1) is 6.92 Å². The van der Waals surface area contributed by atoms with Gasteiger partial charge in [-0.3, -0.25) is 9.78 Å². The molecule has 4 rings (SSSR count). The number of aromatic nitrogens is 4. The molecule has 8 heteroatoms. The van der Waals surface area contributed by atoms with Crippen LogP contribution in [0.15, 0.2) is 52.2 Å². The maximum Gasteiger partial charge on any atom is 0.325 e. The van der Waals surface area contributed by atoms with Crippen molar-refractivity contribution in [3.05, 3.63) is 74.7 Å². The first kappa shape index (κ1) is 17.2. The summed E-state index contributed by atoms with van der Waals surface area (Å²) in [4.78, 5) is 30.2. The third kappa shape index (κ3) is 3.52. The van der Waals surface area contributed by atoms with E-state index in [1.54, 1.807) is 0 Å². The van der Waals surface area contributed by atoms with E-state index in [2.05, 4.69) is 37.2 Å². The molecule has 2 N–H and O–H groups in total. The number of benzene rings is 1. The van der Waals surface area contributed by atoms with Gasteiger partial charge in [0.05, 0.1) is 23.6 Å². The quantitative estimate of drug-likeness (QED) is 0.727. The van der Waals surface area contributed by atoms with E-state index in [9.17, 15) is 9.59 Å². The normalized spacial score (nSPS) is 17.1. The van der Waals surface area contributed by atoms with Crippen LogP contribution in [0.3, 0.4) is 0 Å². The van der Waals surface area contributed by atoms with Gasteiger partial charge in [-0.25, -0.2) is 4.79 Å². The molecular formula is C19H19N5O3. The Morgan fingerprint density at radius 1 is 1.19 bits per heavy atom. The van der Waals surface area contributed by atoms with Gasteiger partial charge in [0.25, 0.3) is 5.56 Å². The smallest absolute Gasteiger partial charge is 0.325 e. The van der Waals surface area contributed by atoms with Gasteiger partial charge >= 0.3 is 5.69 Å². The first-order chi connectivity index (χ1) is 13.1. The maximum atomic E-state index is 12.1. The molecule has 2 aromatic heterocycles. The fourth-order valence-electron chi connectivity index (χ4n) is 3.23. The van der Waals surface area contributed by atoms with Crippen molar-refractivity contribution in [2.75, 3.05) is 24.6 Å². The topological polar surface area (TPSA) is 104 Å². The van der Waals surface area contributed by atoms with Crippen molar-refractivity contribution in [1.82, 2.24) is 20.2 Å². The molecule has 1 aromatic carbocycles. The second-order valence-corrected chi connectivity index (χ2v) is 6.40. The predicted octanol–water partition coefficient (Wildman–Crippen LogP) is 1.41. The van der Waals surface area contributed by atoms with Crippen molar-refractivity contribution in [2.45, 2.75) is 13.0 Å². The number of aryl methyl sites for hydroxylation is 1. The van der Waals surface area contributed by atoms with E-state index >= 15 is 0 Å². The van der Waals surface area contributed by atoms with Crippen LogP contribution in [-0.2, 0) is 4.74 Å². The lowest BCUT2D eigenvalue weighted by molar-refractivity contribution is 0.0397. The Hall–Kier alpha value is -3.26. The number of rotatable bonds is 3. The molecule has 138 valence electrons. The number of H-pyrrole nitrogens is 2. The van der Waals surface area contributed by atoms with E-state index in [4.69, 9.17) is 4.74 Å². The van der Waals surface area contributed by atoms with Crippen molar-refractivity contribution < 1.29 is 4.74 Å². The molecule has 8 nitrogen and oxygen atoms in total. The summed E-state index contributed by atoms with van der Waals surface area (Å²) in [5.74, 6) is 0. The van der Waals surface area contributed by atoms with Crippen molar-refractivity contribution >= 4 is 5.69 Å². The van der Waals surface area contributed by atoms with Crippen LogP contribution in [0.5, 0.6) is 0 Å². The van der Waals surface area contributed by atoms with Crippen LogP contribution >= 0.6 is 0 Å². The SMILES string of the molecule is Cc1nnc(-c2c[nH]c(=O)[nH]c2=O)cc1N1CCOC(c2ccccc2)C1. The average molecular weight is 365 g/mol. The van der Waals surface area contributed by atoms with Gasteiger partial charge in [0.1, 0.15) is 11.8 Å². The van der Waals surface area contributed by atoms with Crippen LogP contribution in [0.1, 0.15) is 17.4 Å². The summed E-state index contributed by atoms with van der Waals surface area (Å²) in [7, 11) is 0. The van der Waals surface area contributed by atoms with Gasteiger partial charge in [0.2, 0.25) is 0 Å². The summed E-state index contributed by atoms with van der Waals surface area (Å²) in [6.45, 7) is 3.88. The Labute approximate surface area is 154 Å². The predicted molar refractivity (Wildman–Crippen MR) is 101 cm³/mol. The highest BCUT2D eigenvalue weighted by Crippen LogP contribution is 2.28. The number of anilines is 1. The van der Waals surface area contributed by atoms with E-state index < -0.39 is 11.2 Å². The van der Waals surface area contributed by atoms with Crippen molar-refractivity contribution in [3.8, 4) is 11.3 Å². The Morgan fingerprint density at radius 3 is 2.78 bits per heavy atom.